The van der Waals surface area contributed by atoms with Crippen LogP contribution in [-0.2, 0) is 4.79 Å². The van der Waals surface area contributed by atoms with Gasteiger partial charge in [-0.05, 0) is 25.8 Å². The van der Waals surface area contributed by atoms with E-state index in [-0.39, 0.29) is 18.4 Å². The number of benzene rings is 1. The van der Waals surface area contributed by atoms with E-state index >= 15 is 0 Å². The number of carbonyl (C=O) groups excluding carboxylic acids is 1. The van der Waals surface area contributed by atoms with Crippen LogP contribution in [0, 0.1) is 6.92 Å². The van der Waals surface area contributed by atoms with Gasteiger partial charge in [-0.15, -0.1) is 0 Å². The van der Waals surface area contributed by atoms with E-state index in [0.29, 0.717) is 17.9 Å². The number of likely N-dealkylation sites (tertiary alicyclic amines) is 1. The molecule has 2 heterocycles. The maximum atomic E-state index is 12.7. The Balaban J connectivity index is 1.93. The fourth-order valence-electron chi connectivity index (χ4n) is 3.03. The van der Waals surface area contributed by atoms with E-state index in [1.807, 2.05) is 31.2 Å². The summed E-state index contributed by atoms with van der Waals surface area (Å²) in [4.78, 5) is 25.2. The first-order chi connectivity index (χ1) is 10.1. The number of nitrogens with zero attached hydrogens (tertiary/aromatic N) is 1. The quantitative estimate of drug-likeness (QED) is 0.942. The molecule has 1 atom stereocenters. The number of hydrogen-bond acceptors (Lipinski definition) is 3. The van der Waals surface area contributed by atoms with Gasteiger partial charge in [-0.25, -0.2) is 0 Å². The lowest BCUT2D eigenvalue weighted by molar-refractivity contribution is -0.137. The fourth-order valence-corrected chi connectivity index (χ4v) is 3.03. The van der Waals surface area contributed by atoms with Crippen LogP contribution in [0.5, 0.6) is 0 Å². The molecule has 21 heavy (non-hydrogen) atoms. The van der Waals surface area contributed by atoms with Crippen molar-refractivity contribution in [1.82, 2.24) is 4.90 Å². The van der Waals surface area contributed by atoms with Crippen molar-refractivity contribution in [2.75, 3.05) is 6.54 Å². The lowest BCUT2D eigenvalue weighted by Gasteiger charge is -2.22. The number of carboxylic acid groups (broad SMARTS) is 1. The summed E-state index contributed by atoms with van der Waals surface area (Å²) in [6.45, 7) is 2.45. The highest BCUT2D eigenvalue weighted by Crippen LogP contribution is 2.29. The van der Waals surface area contributed by atoms with Crippen LogP contribution in [0.3, 0.4) is 0 Å². The number of rotatable bonds is 3. The Kier molecular flexibility index (Phi) is 3.41. The van der Waals surface area contributed by atoms with E-state index in [4.69, 9.17) is 9.52 Å². The van der Waals surface area contributed by atoms with Gasteiger partial charge in [-0.3, -0.25) is 9.59 Å². The minimum Gasteiger partial charge on any atom is -0.481 e. The molecule has 2 aromatic rings. The predicted molar refractivity (Wildman–Crippen MR) is 77.3 cm³/mol. The van der Waals surface area contributed by atoms with Crippen molar-refractivity contribution in [1.29, 1.82) is 0 Å². The maximum Gasteiger partial charge on any atom is 0.305 e. The molecule has 0 radical (unpaired) electrons. The average molecular weight is 287 g/mol. The monoisotopic (exact) mass is 287 g/mol. The van der Waals surface area contributed by atoms with E-state index in [1.165, 1.54) is 0 Å². The zero-order valence-electron chi connectivity index (χ0n) is 11.8. The summed E-state index contributed by atoms with van der Waals surface area (Å²) in [5.74, 6) is -0.748. The van der Waals surface area contributed by atoms with Crippen molar-refractivity contribution in [3.8, 4) is 0 Å². The first kappa shape index (κ1) is 13.7. The van der Waals surface area contributed by atoms with Gasteiger partial charge in [-0.2, -0.15) is 0 Å². The predicted octanol–water partition coefficient (Wildman–Crippen LogP) is 2.82. The Hall–Kier alpha value is -2.30. The number of carboxylic acids is 1. The van der Waals surface area contributed by atoms with Gasteiger partial charge in [0.25, 0.3) is 5.91 Å². The molecule has 1 aromatic carbocycles. The number of para-hydroxylation sites is 1. The molecule has 1 amide bonds. The first-order valence-corrected chi connectivity index (χ1v) is 7.09. The average Bonchev–Trinajstić information content (AvgIpc) is 3.03. The molecule has 0 saturated carbocycles. The van der Waals surface area contributed by atoms with Gasteiger partial charge < -0.3 is 14.4 Å². The highest BCUT2D eigenvalue weighted by Gasteiger charge is 2.33. The topological polar surface area (TPSA) is 70.8 Å². The normalized spacial score (nSPS) is 18.3. The zero-order valence-corrected chi connectivity index (χ0v) is 11.8. The van der Waals surface area contributed by atoms with Gasteiger partial charge in [0.15, 0.2) is 5.76 Å². The number of carbonyl (C=O) groups is 2. The molecule has 110 valence electrons. The second-order valence-electron chi connectivity index (χ2n) is 5.44. The summed E-state index contributed by atoms with van der Waals surface area (Å²) in [6.07, 6.45) is 1.56. The molecular formula is C16H17NO4. The van der Waals surface area contributed by atoms with Crippen molar-refractivity contribution in [3.63, 3.8) is 0 Å². The van der Waals surface area contributed by atoms with Gasteiger partial charge in [0, 0.05) is 23.5 Å². The highest BCUT2D eigenvalue weighted by atomic mass is 16.4. The summed E-state index contributed by atoms with van der Waals surface area (Å²) in [6, 6.07) is 7.29. The number of hydrogen-bond donors (Lipinski definition) is 1. The molecule has 1 unspecified atom stereocenters. The molecule has 1 aliphatic rings. The Labute approximate surface area is 122 Å². The Morgan fingerprint density at radius 1 is 1.38 bits per heavy atom. The molecule has 5 nitrogen and oxygen atoms in total. The van der Waals surface area contributed by atoms with Crippen LogP contribution in [0.2, 0.25) is 0 Å². The lowest BCUT2D eigenvalue weighted by Crippen LogP contribution is -2.36. The van der Waals surface area contributed by atoms with Crippen molar-refractivity contribution in [3.05, 3.63) is 35.6 Å². The van der Waals surface area contributed by atoms with Gasteiger partial charge in [0.2, 0.25) is 0 Å². The molecule has 0 bridgehead atoms. The molecule has 1 N–H and O–H groups in total. The molecule has 5 heteroatoms. The summed E-state index contributed by atoms with van der Waals surface area (Å²) in [7, 11) is 0. The third-order valence-corrected chi connectivity index (χ3v) is 4.09. The van der Waals surface area contributed by atoms with Crippen LogP contribution in [0.4, 0.5) is 0 Å². The SMILES string of the molecule is Cc1c(C(=O)N2CCCC2CC(=O)O)oc2ccccc12. The third kappa shape index (κ3) is 2.39. The lowest BCUT2D eigenvalue weighted by atomic mass is 10.1. The second-order valence-corrected chi connectivity index (χ2v) is 5.44. The number of aliphatic carboxylic acids is 1. The van der Waals surface area contributed by atoms with E-state index in [9.17, 15) is 9.59 Å². The van der Waals surface area contributed by atoms with E-state index < -0.39 is 5.97 Å². The van der Waals surface area contributed by atoms with Crippen molar-refractivity contribution >= 4 is 22.8 Å². The zero-order chi connectivity index (χ0) is 15.0. The molecule has 0 aliphatic carbocycles. The summed E-state index contributed by atoms with van der Waals surface area (Å²) < 4.78 is 5.69. The molecule has 1 aromatic heterocycles. The standard InChI is InChI=1S/C16H17NO4/c1-10-12-6-2-3-7-13(12)21-15(10)16(20)17-8-4-5-11(17)9-14(18)19/h2-3,6-7,11H,4-5,8-9H2,1H3,(H,18,19). The van der Waals surface area contributed by atoms with Gasteiger partial charge in [0.1, 0.15) is 5.58 Å². The Morgan fingerprint density at radius 3 is 2.86 bits per heavy atom. The van der Waals surface area contributed by atoms with Gasteiger partial charge in [0.05, 0.1) is 6.42 Å². The minimum atomic E-state index is -0.874. The minimum absolute atomic E-state index is 0.00891. The van der Waals surface area contributed by atoms with Crippen LogP contribution < -0.4 is 0 Å². The van der Waals surface area contributed by atoms with E-state index in [2.05, 4.69) is 0 Å². The van der Waals surface area contributed by atoms with Crippen LogP contribution >= 0.6 is 0 Å². The number of furan rings is 1. The number of fused-ring (bicyclic) bond motifs is 1. The Morgan fingerprint density at radius 2 is 2.14 bits per heavy atom. The van der Waals surface area contributed by atoms with E-state index in [0.717, 1.165) is 23.8 Å². The van der Waals surface area contributed by atoms with Crippen molar-refractivity contribution in [2.24, 2.45) is 0 Å². The van der Waals surface area contributed by atoms with E-state index in [1.54, 1.807) is 4.90 Å². The van der Waals surface area contributed by atoms with Crippen molar-refractivity contribution < 1.29 is 19.1 Å². The first-order valence-electron chi connectivity index (χ1n) is 7.09. The molecule has 1 fully saturated rings. The molecule has 0 spiro atoms. The highest BCUT2D eigenvalue weighted by molar-refractivity contribution is 5.99. The van der Waals surface area contributed by atoms with Gasteiger partial charge >= 0.3 is 5.97 Å². The second kappa shape index (κ2) is 5.24. The summed E-state index contributed by atoms with van der Waals surface area (Å²) >= 11 is 0. The smallest absolute Gasteiger partial charge is 0.305 e. The van der Waals surface area contributed by atoms with Crippen LogP contribution in [0.15, 0.2) is 28.7 Å². The third-order valence-electron chi connectivity index (χ3n) is 4.09. The molecule has 1 aliphatic heterocycles. The fraction of sp³-hybridized carbons (Fsp3) is 0.375. The van der Waals surface area contributed by atoms with Gasteiger partial charge in [-0.1, -0.05) is 18.2 Å². The van der Waals surface area contributed by atoms with Crippen molar-refractivity contribution in [2.45, 2.75) is 32.2 Å². The molecular weight excluding hydrogens is 270 g/mol. The summed E-state index contributed by atoms with van der Waals surface area (Å²) in [5, 5.41) is 9.88. The van der Waals surface area contributed by atoms with Crippen LogP contribution in [-0.4, -0.2) is 34.5 Å². The largest absolute Gasteiger partial charge is 0.481 e. The Bertz CT molecular complexity index is 703. The maximum absolute atomic E-state index is 12.7. The number of amides is 1. The number of aryl methyl sites for hydroxylation is 1. The van der Waals surface area contributed by atoms with Crippen LogP contribution in [0.25, 0.3) is 11.0 Å². The van der Waals surface area contributed by atoms with Crippen LogP contribution in [0.1, 0.15) is 35.4 Å². The summed E-state index contributed by atoms with van der Waals surface area (Å²) in [5.41, 5.74) is 1.50. The molecule has 1 saturated heterocycles. The molecule has 3 rings (SSSR count).